The molecule has 3 heterocycles. The van der Waals surface area contributed by atoms with Gasteiger partial charge in [0.1, 0.15) is 11.5 Å². The lowest BCUT2D eigenvalue weighted by molar-refractivity contribution is 0.0687. The number of aromatic carboxylic acids is 1. The van der Waals surface area contributed by atoms with E-state index in [1.165, 1.54) is 11.1 Å². The molecule has 0 saturated carbocycles. The van der Waals surface area contributed by atoms with Crippen molar-refractivity contribution in [3.05, 3.63) is 81.5 Å². The Morgan fingerprint density at radius 1 is 1.20 bits per heavy atom. The van der Waals surface area contributed by atoms with E-state index in [-0.39, 0.29) is 11.3 Å². The molecule has 4 N–H and O–H groups in total. The molecule has 0 unspecified atom stereocenters. The lowest BCUT2D eigenvalue weighted by Crippen LogP contribution is -2.13. The minimum atomic E-state index is -1.08. The van der Waals surface area contributed by atoms with Gasteiger partial charge in [0.25, 0.3) is 5.56 Å². The van der Waals surface area contributed by atoms with Crippen molar-refractivity contribution in [3.63, 3.8) is 0 Å². The largest absolute Gasteiger partial charge is 0.477 e. The Bertz CT molecular complexity index is 1370. The molecule has 7 nitrogen and oxygen atoms in total. The number of anilines is 1. The van der Waals surface area contributed by atoms with Crippen LogP contribution in [-0.2, 0) is 19.4 Å². The summed E-state index contributed by atoms with van der Waals surface area (Å²) in [6.07, 6.45) is 6.17. The van der Waals surface area contributed by atoms with Crippen LogP contribution in [0.4, 0.5) is 5.82 Å². The maximum Gasteiger partial charge on any atom is 0.353 e. The topological polar surface area (TPSA) is 114 Å². The Morgan fingerprint density at radius 3 is 2.73 bits per heavy atom. The van der Waals surface area contributed by atoms with Gasteiger partial charge in [0.05, 0.1) is 0 Å². The zero-order chi connectivity index (χ0) is 20.8. The summed E-state index contributed by atoms with van der Waals surface area (Å²) in [7, 11) is 0. The zero-order valence-corrected chi connectivity index (χ0v) is 16.2. The average Bonchev–Trinajstić information content (AvgIpc) is 3.29. The van der Waals surface area contributed by atoms with Crippen molar-refractivity contribution in [2.75, 3.05) is 5.73 Å². The molecule has 30 heavy (non-hydrogen) atoms. The van der Waals surface area contributed by atoms with E-state index in [1.54, 1.807) is 35.2 Å². The van der Waals surface area contributed by atoms with Crippen LogP contribution in [-0.4, -0.2) is 25.6 Å². The Balaban J connectivity index is 1.86. The lowest BCUT2D eigenvalue weighted by Gasteiger charge is -2.10. The number of carboxylic acid groups (broad SMARTS) is 1. The van der Waals surface area contributed by atoms with Crippen LogP contribution < -0.4 is 11.3 Å². The van der Waals surface area contributed by atoms with Crippen molar-refractivity contribution in [1.82, 2.24) is 14.5 Å². The summed E-state index contributed by atoms with van der Waals surface area (Å²) in [4.78, 5) is 31.7. The summed E-state index contributed by atoms with van der Waals surface area (Å²) in [5.41, 5.74) is 10.5. The predicted octanol–water partition coefficient (Wildman–Crippen LogP) is 3.21. The highest BCUT2D eigenvalue weighted by atomic mass is 16.4. The Labute approximate surface area is 171 Å². The molecule has 0 aliphatic heterocycles. The van der Waals surface area contributed by atoms with Crippen LogP contribution in [0.2, 0.25) is 0 Å². The summed E-state index contributed by atoms with van der Waals surface area (Å²) in [6.45, 7) is 0.314. The van der Waals surface area contributed by atoms with Crippen molar-refractivity contribution in [3.8, 4) is 11.1 Å². The molecule has 4 aromatic rings. The molecule has 150 valence electrons. The Morgan fingerprint density at radius 2 is 2.00 bits per heavy atom. The zero-order valence-electron chi connectivity index (χ0n) is 16.2. The third-order valence-corrected chi connectivity index (χ3v) is 5.75. The van der Waals surface area contributed by atoms with E-state index in [9.17, 15) is 14.7 Å². The number of hydrogen-bond acceptors (Lipinski definition) is 4. The molecule has 1 aliphatic rings. The number of aromatic amines is 1. The smallest absolute Gasteiger partial charge is 0.353 e. The van der Waals surface area contributed by atoms with E-state index in [0.29, 0.717) is 23.5 Å². The van der Waals surface area contributed by atoms with Gasteiger partial charge in [0.2, 0.25) is 0 Å². The van der Waals surface area contributed by atoms with Crippen LogP contribution >= 0.6 is 0 Å². The van der Waals surface area contributed by atoms with Crippen molar-refractivity contribution >= 4 is 22.7 Å². The summed E-state index contributed by atoms with van der Waals surface area (Å²) >= 11 is 0. The van der Waals surface area contributed by atoms with E-state index in [2.05, 4.69) is 22.1 Å². The Kier molecular flexibility index (Phi) is 4.17. The van der Waals surface area contributed by atoms with Gasteiger partial charge in [-0.15, -0.1) is 0 Å². The number of nitrogen functional groups attached to an aromatic ring is 1. The normalized spacial score (nSPS) is 12.9. The first kappa shape index (κ1) is 18.2. The lowest BCUT2D eigenvalue weighted by atomic mass is 10.00. The number of carbonyl (C=O) groups is 1. The first-order valence-corrected chi connectivity index (χ1v) is 9.82. The first-order chi connectivity index (χ1) is 14.5. The summed E-state index contributed by atoms with van der Waals surface area (Å²) < 4.78 is 1.77. The number of aryl methyl sites for hydroxylation is 2. The number of carboxylic acids is 1. The van der Waals surface area contributed by atoms with Gasteiger partial charge in [-0.05, 0) is 72.4 Å². The molecule has 1 aliphatic carbocycles. The molecule has 0 amide bonds. The van der Waals surface area contributed by atoms with Crippen molar-refractivity contribution in [1.29, 1.82) is 0 Å². The fourth-order valence-corrected chi connectivity index (χ4v) is 4.47. The van der Waals surface area contributed by atoms with Crippen LogP contribution in [0, 0.1) is 0 Å². The molecule has 5 rings (SSSR count). The minimum Gasteiger partial charge on any atom is -0.477 e. The number of benzene rings is 1. The van der Waals surface area contributed by atoms with Gasteiger partial charge in [0, 0.05) is 41.0 Å². The molecule has 0 radical (unpaired) electrons. The summed E-state index contributed by atoms with van der Waals surface area (Å²) in [5.74, 6) is -0.701. The molecule has 0 saturated heterocycles. The van der Waals surface area contributed by atoms with Gasteiger partial charge in [-0.25, -0.2) is 9.78 Å². The van der Waals surface area contributed by atoms with Crippen LogP contribution in [0.15, 0.2) is 53.6 Å². The fourth-order valence-electron chi connectivity index (χ4n) is 4.47. The third kappa shape index (κ3) is 2.86. The second-order valence-electron chi connectivity index (χ2n) is 7.61. The summed E-state index contributed by atoms with van der Waals surface area (Å²) in [6, 6.07) is 11.1. The number of hydrogen-bond donors (Lipinski definition) is 3. The first-order valence-electron chi connectivity index (χ1n) is 9.82. The molecule has 0 fully saturated rings. The summed E-state index contributed by atoms with van der Waals surface area (Å²) in [5, 5.41) is 11.0. The van der Waals surface area contributed by atoms with Gasteiger partial charge >= 0.3 is 5.97 Å². The van der Waals surface area contributed by atoms with E-state index >= 15 is 0 Å². The van der Waals surface area contributed by atoms with Crippen molar-refractivity contribution < 1.29 is 9.90 Å². The van der Waals surface area contributed by atoms with Gasteiger partial charge in [-0.1, -0.05) is 0 Å². The van der Waals surface area contributed by atoms with Gasteiger partial charge in [-0.3, -0.25) is 4.79 Å². The molecule has 3 aromatic heterocycles. The van der Waals surface area contributed by atoms with Crippen LogP contribution in [0.25, 0.3) is 22.0 Å². The second kappa shape index (κ2) is 6.88. The maximum atomic E-state index is 12.6. The van der Waals surface area contributed by atoms with Gasteiger partial charge < -0.3 is 20.4 Å². The van der Waals surface area contributed by atoms with Crippen LogP contribution in [0.3, 0.4) is 0 Å². The van der Waals surface area contributed by atoms with E-state index in [1.807, 2.05) is 6.07 Å². The van der Waals surface area contributed by atoms with Crippen molar-refractivity contribution in [2.24, 2.45) is 0 Å². The van der Waals surface area contributed by atoms with E-state index in [0.717, 1.165) is 35.7 Å². The predicted molar refractivity (Wildman–Crippen MR) is 115 cm³/mol. The van der Waals surface area contributed by atoms with E-state index in [4.69, 9.17) is 5.73 Å². The Hall–Kier alpha value is -3.87. The monoisotopic (exact) mass is 400 g/mol. The number of H-pyrrole nitrogens is 1. The van der Waals surface area contributed by atoms with Crippen molar-refractivity contribution in [2.45, 2.75) is 25.8 Å². The average molecular weight is 400 g/mol. The van der Waals surface area contributed by atoms with Crippen LogP contribution in [0.5, 0.6) is 0 Å². The number of nitrogens with one attached hydrogen (secondary N) is 1. The van der Waals surface area contributed by atoms with Crippen LogP contribution in [0.1, 0.15) is 33.6 Å². The minimum absolute atomic E-state index is 0.0979. The standard InChI is InChI=1S/C23H20N4O3/c24-19-9-13(6-8-25-19)12-27-18-11-15-4-1-3-14(15)10-17(18)20(21(27)23(29)30)16-5-2-7-26-22(16)28/h2,5-11H,1,3-4,12H2,(H2,24,25)(H,26,28)(H,29,30). The highest BCUT2D eigenvalue weighted by Crippen LogP contribution is 2.38. The SMILES string of the molecule is Nc1cc(Cn2c(C(=O)O)c(-c3ccc[nH]c3=O)c3cc4c(cc32)CCC4)ccn1. The van der Waals surface area contributed by atoms with Gasteiger partial charge in [0.15, 0.2) is 0 Å². The highest BCUT2D eigenvalue weighted by molar-refractivity contribution is 6.08. The molecular weight excluding hydrogens is 380 g/mol. The molecule has 0 bridgehead atoms. The highest BCUT2D eigenvalue weighted by Gasteiger charge is 2.27. The molecular formula is C23H20N4O3. The number of nitrogens with two attached hydrogens (primary N) is 1. The molecule has 1 aromatic carbocycles. The van der Waals surface area contributed by atoms with Gasteiger partial charge in [-0.2, -0.15) is 0 Å². The number of rotatable bonds is 4. The maximum absolute atomic E-state index is 12.6. The quantitative estimate of drug-likeness (QED) is 0.487. The molecule has 0 atom stereocenters. The third-order valence-electron chi connectivity index (χ3n) is 5.75. The number of nitrogens with zero attached hydrogens (tertiary/aromatic N) is 2. The number of fused-ring (bicyclic) bond motifs is 2. The molecule has 0 spiro atoms. The number of pyridine rings is 2. The molecule has 7 heteroatoms. The van der Waals surface area contributed by atoms with E-state index < -0.39 is 5.97 Å². The fraction of sp³-hybridized carbons (Fsp3) is 0.174. The second-order valence-corrected chi connectivity index (χ2v) is 7.61. The number of aromatic nitrogens is 3.